The molecule has 1 rings (SSSR count). The molecule has 0 aromatic carbocycles. The standard InChI is InChI=1S/C12H26N2O2/c1-5-8(13)10-7-6-9(14)11(15-10)16-12(2,3)4/h8-11H,5-7,13-14H2,1-4H3/t8?,9-,10?,11-/m1/s1. The van der Waals surface area contributed by atoms with Crippen LogP contribution in [0.15, 0.2) is 0 Å². The average molecular weight is 230 g/mol. The molecule has 0 aromatic rings. The van der Waals surface area contributed by atoms with Crippen molar-refractivity contribution in [2.24, 2.45) is 11.5 Å². The lowest BCUT2D eigenvalue weighted by Crippen LogP contribution is -2.52. The molecule has 1 heterocycles. The smallest absolute Gasteiger partial charge is 0.173 e. The highest BCUT2D eigenvalue weighted by Gasteiger charge is 2.34. The minimum absolute atomic E-state index is 0.0421. The highest BCUT2D eigenvalue weighted by molar-refractivity contribution is 4.83. The summed E-state index contributed by atoms with van der Waals surface area (Å²) < 4.78 is 11.7. The third-order valence-corrected chi connectivity index (χ3v) is 2.86. The van der Waals surface area contributed by atoms with E-state index in [1.807, 2.05) is 20.8 Å². The second-order valence-electron chi connectivity index (χ2n) is 5.59. The van der Waals surface area contributed by atoms with Crippen molar-refractivity contribution in [3.8, 4) is 0 Å². The number of ether oxygens (including phenoxy) is 2. The van der Waals surface area contributed by atoms with Crippen LogP contribution in [0.25, 0.3) is 0 Å². The second-order valence-corrected chi connectivity index (χ2v) is 5.59. The molecule has 16 heavy (non-hydrogen) atoms. The summed E-state index contributed by atoms with van der Waals surface area (Å²) in [6, 6.07) is 0.0399. The van der Waals surface area contributed by atoms with E-state index in [1.54, 1.807) is 0 Å². The molecule has 1 aliphatic rings. The van der Waals surface area contributed by atoms with E-state index in [2.05, 4.69) is 6.92 Å². The fourth-order valence-electron chi connectivity index (χ4n) is 1.88. The molecule has 0 radical (unpaired) electrons. The zero-order valence-electron chi connectivity index (χ0n) is 10.9. The van der Waals surface area contributed by atoms with Crippen LogP contribution in [0, 0.1) is 0 Å². The summed E-state index contributed by atoms with van der Waals surface area (Å²) in [6.07, 6.45) is 2.52. The molecular formula is C12H26N2O2. The van der Waals surface area contributed by atoms with Gasteiger partial charge in [0.2, 0.25) is 0 Å². The lowest BCUT2D eigenvalue weighted by Gasteiger charge is -2.39. The van der Waals surface area contributed by atoms with Crippen molar-refractivity contribution in [3.63, 3.8) is 0 Å². The molecule has 0 bridgehead atoms. The van der Waals surface area contributed by atoms with E-state index < -0.39 is 0 Å². The molecule has 4 atom stereocenters. The molecule has 0 spiro atoms. The fourth-order valence-corrected chi connectivity index (χ4v) is 1.88. The molecule has 4 heteroatoms. The summed E-state index contributed by atoms with van der Waals surface area (Å²) in [5.41, 5.74) is 11.8. The Morgan fingerprint density at radius 3 is 2.50 bits per heavy atom. The quantitative estimate of drug-likeness (QED) is 0.768. The fraction of sp³-hybridized carbons (Fsp3) is 1.00. The lowest BCUT2D eigenvalue weighted by molar-refractivity contribution is -0.243. The molecule has 96 valence electrons. The Balaban J connectivity index is 2.55. The van der Waals surface area contributed by atoms with Crippen molar-refractivity contribution >= 4 is 0 Å². The van der Waals surface area contributed by atoms with Gasteiger partial charge in [0.15, 0.2) is 6.29 Å². The van der Waals surface area contributed by atoms with Crippen LogP contribution in [-0.2, 0) is 9.47 Å². The van der Waals surface area contributed by atoms with Crippen molar-refractivity contribution < 1.29 is 9.47 Å². The molecule has 0 saturated carbocycles. The molecular weight excluding hydrogens is 204 g/mol. The normalized spacial score (nSPS) is 33.8. The van der Waals surface area contributed by atoms with Crippen molar-refractivity contribution in [1.82, 2.24) is 0 Å². The van der Waals surface area contributed by atoms with E-state index in [4.69, 9.17) is 20.9 Å². The Kier molecular flexibility index (Phi) is 4.73. The Labute approximate surface area is 98.7 Å². The van der Waals surface area contributed by atoms with Gasteiger partial charge in [0.05, 0.1) is 17.7 Å². The molecule has 1 fully saturated rings. The van der Waals surface area contributed by atoms with Gasteiger partial charge in [-0.15, -0.1) is 0 Å². The maximum Gasteiger partial charge on any atom is 0.173 e. The van der Waals surface area contributed by atoms with Crippen LogP contribution in [0.5, 0.6) is 0 Å². The summed E-state index contributed by atoms with van der Waals surface area (Å²) in [5.74, 6) is 0. The Morgan fingerprint density at radius 1 is 1.38 bits per heavy atom. The van der Waals surface area contributed by atoms with E-state index in [1.165, 1.54) is 0 Å². The van der Waals surface area contributed by atoms with Crippen LogP contribution in [0.4, 0.5) is 0 Å². The Morgan fingerprint density at radius 2 is 2.00 bits per heavy atom. The Hall–Kier alpha value is -0.160. The third-order valence-electron chi connectivity index (χ3n) is 2.86. The van der Waals surface area contributed by atoms with Gasteiger partial charge in [-0.2, -0.15) is 0 Å². The molecule has 4 nitrogen and oxygen atoms in total. The molecule has 0 aliphatic carbocycles. The van der Waals surface area contributed by atoms with E-state index in [9.17, 15) is 0 Å². The average Bonchev–Trinajstić information content (AvgIpc) is 2.18. The predicted molar refractivity (Wildman–Crippen MR) is 65.0 cm³/mol. The highest BCUT2D eigenvalue weighted by Crippen LogP contribution is 2.25. The number of rotatable bonds is 3. The minimum atomic E-state index is -0.323. The van der Waals surface area contributed by atoms with Crippen molar-refractivity contribution in [1.29, 1.82) is 0 Å². The molecule has 0 aromatic heterocycles. The SMILES string of the molecule is CCC(N)C1CC[C@@H](N)[C@@H](OC(C)(C)C)O1. The van der Waals surface area contributed by atoms with E-state index in [0.29, 0.717) is 0 Å². The van der Waals surface area contributed by atoms with Gasteiger partial charge in [-0.05, 0) is 40.0 Å². The first-order valence-electron chi connectivity index (χ1n) is 6.18. The van der Waals surface area contributed by atoms with Crippen molar-refractivity contribution in [3.05, 3.63) is 0 Å². The molecule has 4 N–H and O–H groups in total. The largest absolute Gasteiger partial charge is 0.346 e. The van der Waals surface area contributed by atoms with Gasteiger partial charge in [0, 0.05) is 6.04 Å². The van der Waals surface area contributed by atoms with Gasteiger partial charge in [0.1, 0.15) is 0 Å². The van der Waals surface area contributed by atoms with Gasteiger partial charge >= 0.3 is 0 Å². The van der Waals surface area contributed by atoms with Crippen LogP contribution < -0.4 is 11.5 Å². The third kappa shape index (κ3) is 4.01. The van der Waals surface area contributed by atoms with Crippen LogP contribution >= 0.6 is 0 Å². The lowest BCUT2D eigenvalue weighted by atomic mass is 9.98. The van der Waals surface area contributed by atoms with Gasteiger partial charge < -0.3 is 20.9 Å². The van der Waals surface area contributed by atoms with E-state index in [0.717, 1.165) is 19.3 Å². The van der Waals surface area contributed by atoms with E-state index in [-0.39, 0.29) is 30.1 Å². The molecule has 0 amide bonds. The maximum atomic E-state index is 6.00. The number of nitrogens with two attached hydrogens (primary N) is 2. The first-order chi connectivity index (χ1) is 7.33. The summed E-state index contributed by atoms with van der Waals surface area (Å²) in [5, 5.41) is 0. The topological polar surface area (TPSA) is 70.5 Å². The summed E-state index contributed by atoms with van der Waals surface area (Å²) in [7, 11) is 0. The zero-order chi connectivity index (χ0) is 12.3. The van der Waals surface area contributed by atoms with Gasteiger partial charge in [-0.3, -0.25) is 0 Å². The summed E-state index contributed by atoms with van der Waals surface area (Å²) in [6.45, 7) is 8.09. The van der Waals surface area contributed by atoms with Crippen LogP contribution in [-0.4, -0.2) is 30.1 Å². The molecule has 1 aliphatic heterocycles. The first kappa shape index (κ1) is 13.9. The summed E-state index contributed by atoms with van der Waals surface area (Å²) >= 11 is 0. The van der Waals surface area contributed by atoms with Crippen LogP contribution in [0.2, 0.25) is 0 Å². The number of hydrogen-bond acceptors (Lipinski definition) is 4. The zero-order valence-corrected chi connectivity index (χ0v) is 10.9. The predicted octanol–water partition coefficient (Wildman–Crippen LogP) is 1.37. The van der Waals surface area contributed by atoms with Crippen LogP contribution in [0.3, 0.4) is 0 Å². The van der Waals surface area contributed by atoms with Gasteiger partial charge in [-0.25, -0.2) is 0 Å². The first-order valence-corrected chi connectivity index (χ1v) is 6.18. The minimum Gasteiger partial charge on any atom is -0.346 e. The van der Waals surface area contributed by atoms with E-state index >= 15 is 0 Å². The highest BCUT2D eigenvalue weighted by atomic mass is 16.7. The molecule has 2 unspecified atom stereocenters. The van der Waals surface area contributed by atoms with Crippen LogP contribution in [0.1, 0.15) is 47.0 Å². The van der Waals surface area contributed by atoms with Gasteiger partial charge in [0.25, 0.3) is 0 Å². The molecule has 1 saturated heterocycles. The second kappa shape index (κ2) is 5.45. The summed E-state index contributed by atoms with van der Waals surface area (Å²) in [4.78, 5) is 0. The van der Waals surface area contributed by atoms with Crippen molar-refractivity contribution in [2.45, 2.75) is 77.0 Å². The Bertz CT molecular complexity index is 216. The van der Waals surface area contributed by atoms with Gasteiger partial charge in [-0.1, -0.05) is 6.92 Å². The maximum absolute atomic E-state index is 6.00. The monoisotopic (exact) mass is 230 g/mol. The van der Waals surface area contributed by atoms with Crippen molar-refractivity contribution in [2.75, 3.05) is 0 Å². The number of hydrogen-bond donors (Lipinski definition) is 2.